The number of ether oxygens (including phenoxy) is 2. The topological polar surface area (TPSA) is 111 Å². The first kappa shape index (κ1) is 33.9. The van der Waals surface area contributed by atoms with Gasteiger partial charge in [0.25, 0.3) is 7.82 Å². The van der Waals surface area contributed by atoms with E-state index in [1.54, 1.807) is 0 Å². The van der Waals surface area contributed by atoms with Crippen molar-refractivity contribution >= 4 is 19.8 Å². The number of unbranched alkanes of at least 4 members (excludes halogenated alkanes) is 28. The molecule has 2 atom stereocenters. The number of likely N-dealkylation sites (N-methyl/N-ethyl adjacent to an activating group) is 1. The summed E-state index contributed by atoms with van der Waals surface area (Å²) in [4.78, 5) is 38.5. The molecule has 0 aromatic carbocycles. The summed E-state index contributed by atoms with van der Waals surface area (Å²) in [6.45, 7) is -19.4. The number of phosphoric ester groups is 1. The molecule has 10 heteroatoms. The standard InChI is InChI=1S/C44H88NO8P/c1-6-8-10-12-14-16-18-20-22-24-26-28-30-32-34-36-43(46)50-40-42(41-52-54(48,49)51-39-38-45(3,4)5)53-44(47)37-35-33-31-29-27-25-23-21-19-17-15-13-11-9-7-2/h42H,6-41H2,1-5H3/t42-/m1/s1/i3D3,4D3,5D3,38D2,39D2. The van der Waals surface area contributed by atoms with Gasteiger partial charge in [0.05, 0.1) is 45.4 Å². The zero-order valence-electron chi connectivity index (χ0n) is 47.3. The first-order valence-corrected chi connectivity index (χ1v) is 23.1. The summed E-state index contributed by atoms with van der Waals surface area (Å²) in [6, 6.07) is 0. The lowest BCUT2D eigenvalue weighted by Crippen LogP contribution is -2.37. The highest BCUT2D eigenvalue weighted by Gasteiger charge is 2.21. The largest absolute Gasteiger partial charge is 0.756 e. The quantitative estimate of drug-likeness (QED) is 0.0260. The summed E-state index contributed by atoms with van der Waals surface area (Å²) in [7, 11) is -6.14. The highest BCUT2D eigenvalue weighted by molar-refractivity contribution is 7.45. The maximum Gasteiger partial charge on any atom is 0.306 e. The second kappa shape index (κ2) is 37.6. The van der Waals surface area contributed by atoms with Crippen molar-refractivity contribution in [2.24, 2.45) is 0 Å². The molecule has 0 aliphatic heterocycles. The highest BCUT2D eigenvalue weighted by Crippen LogP contribution is 2.38. The van der Waals surface area contributed by atoms with Gasteiger partial charge in [-0.3, -0.25) is 14.2 Å². The fraction of sp³-hybridized carbons (Fsp3) is 0.955. The van der Waals surface area contributed by atoms with Gasteiger partial charge in [-0.1, -0.05) is 194 Å². The van der Waals surface area contributed by atoms with E-state index in [0.29, 0.717) is 12.8 Å². The summed E-state index contributed by atoms with van der Waals surface area (Å²) < 4.78 is 131. The van der Waals surface area contributed by atoms with Crippen LogP contribution in [0.1, 0.15) is 237 Å². The van der Waals surface area contributed by atoms with Crippen molar-refractivity contribution in [3.05, 3.63) is 0 Å². The molecule has 0 aliphatic rings. The number of hydrogen-bond donors (Lipinski definition) is 0. The normalized spacial score (nSPS) is 18.3. The number of phosphoric acid groups is 1. The van der Waals surface area contributed by atoms with Crippen LogP contribution < -0.4 is 4.89 Å². The summed E-state index contributed by atoms with van der Waals surface area (Å²) in [5, 5.41) is 0. The summed E-state index contributed by atoms with van der Waals surface area (Å²) in [6.07, 6.45) is 32.3. The first-order chi connectivity index (χ1) is 31.2. The van der Waals surface area contributed by atoms with Crippen molar-refractivity contribution < 1.29 is 59.9 Å². The van der Waals surface area contributed by atoms with Crippen LogP contribution in [0.5, 0.6) is 0 Å². The second-order valence-electron chi connectivity index (χ2n) is 14.9. The molecule has 0 N–H and O–H groups in total. The van der Waals surface area contributed by atoms with E-state index in [2.05, 4.69) is 18.4 Å². The molecule has 0 aromatic rings. The Hall–Kier alpha value is -0.990. The average Bonchev–Trinajstić information content (AvgIpc) is 3.19. The van der Waals surface area contributed by atoms with Gasteiger partial charge in [-0.05, 0) is 12.8 Å². The van der Waals surface area contributed by atoms with Crippen LogP contribution in [0.3, 0.4) is 0 Å². The lowest BCUT2D eigenvalue weighted by molar-refractivity contribution is -0.870. The lowest BCUT2D eigenvalue weighted by Gasteiger charge is -2.28. The minimum Gasteiger partial charge on any atom is -0.756 e. The molecule has 0 bridgehead atoms. The van der Waals surface area contributed by atoms with E-state index >= 15 is 0 Å². The van der Waals surface area contributed by atoms with Crippen LogP contribution in [0.2, 0.25) is 0 Å². The number of nitrogens with zero attached hydrogens (tertiary/aromatic N) is 1. The van der Waals surface area contributed by atoms with Crippen molar-refractivity contribution in [2.45, 2.75) is 225 Å². The zero-order chi connectivity index (χ0) is 51.1. The van der Waals surface area contributed by atoms with Crippen molar-refractivity contribution in [1.82, 2.24) is 0 Å². The molecule has 0 saturated carbocycles. The van der Waals surface area contributed by atoms with Crippen LogP contribution in [0.4, 0.5) is 0 Å². The predicted molar refractivity (Wildman–Crippen MR) is 222 cm³/mol. The third-order valence-electron chi connectivity index (χ3n) is 9.49. The maximum absolute atomic E-state index is 13.0. The highest BCUT2D eigenvalue weighted by atomic mass is 31.2. The van der Waals surface area contributed by atoms with E-state index in [4.69, 9.17) is 31.8 Å². The number of esters is 2. The van der Waals surface area contributed by atoms with Crippen molar-refractivity contribution in [2.75, 3.05) is 47.2 Å². The molecule has 9 nitrogen and oxygen atoms in total. The third kappa shape index (κ3) is 40.7. The lowest BCUT2D eigenvalue weighted by atomic mass is 10.0. The maximum atomic E-state index is 13.0. The Morgan fingerprint density at radius 3 is 1.28 bits per heavy atom. The molecule has 54 heavy (non-hydrogen) atoms. The third-order valence-corrected chi connectivity index (χ3v) is 10.3. The molecular weight excluding hydrogens is 701 g/mol. The molecule has 0 radical (unpaired) electrons. The molecule has 322 valence electrons. The molecule has 0 aliphatic carbocycles. The molecular formula is C44H88NO8P. The Morgan fingerprint density at radius 1 is 0.556 bits per heavy atom. The smallest absolute Gasteiger partial charge is 0.306 e. The van der Waals surface area contributed by atoms with Crippen molar-refractivity contribution in [3.63, 3.8) is 0 Å². The molecule has 0 heterocycles. The minimum atomic E-state index is -6.14. The zero-order valence-corrected chi connectivity index (χ0v) is 35.2. The summed E-state index contributed by atoms with van der Waals surface area (Å²) in [5.41, 5.74) is 0. The summed E-state index contributed by atoms with van der Waals surface area (Å²) in [5.74, 6) is -1.43. The van der Waals surface area contributed by atoms with Crippen molar-refractivity contribution in [1.29, 1.82) is 0 Å². The van der Waals surface area contributed by atoms with E-state index in [-0.39, 0.29) is 12.8 Å². The van der Waals surface area contributed by atoms with Gasteiger partial charge >= 0.3 is 11.9 Å². The molecule has 0 fully saturated rings. The van der Waals surface area contributed by atoms with E-state index in [1.807, 2.05) is 0 Å². The van der Waals surface area contributed by atoms with Gasteiger partial charge in [-0.25, -0.2) is 0 Å². The van der Waals surface area contributed by atoms with Gasteiger partial charge in [0.2, 0.25) is 0 Å². The number of hydrogen-bond acceptors (Lipinski definition) is 8. The Bertz CT molecular complexity index is 1320. The first-order valence-electron chi connectivity index (χ1n) is 28.1. The van der Waals surface area contributed by atoms with Gasteiger partial charge < -0.3 is 27.9 Å². The number of rotatable bonds is 42. The van der Waals surface area contributed by atoms with Crippen LogP contribution in [-0.2, 0) is 32.7 Å². The van der Waals surface area contributed by atoms with E-state index in [1.165, 1.54) is 122 Å². The number of carbonyl (C=O) groups excluding carboxylic acids is 2. The van der Waals surface area contributed by atoms with Crippen LogP contribution in [0.25, 0.3) is 0 Å². The fourth-order valence-electron chi connectivity index (χ4n) is 6.25. The molecule has 0 rings (SSSR count). The van der Waals surface area contributed by atoms with E-state index in [0.717, 1.165) is 57.8 Å². The van der Waals surface area contributed by atoms with Gasteiger partial charge in [0.15, 0.2) is 6.10 Å². The Labute approximate surface area is 352 Å². The van der Waals surface area contributed by atoms with Crippen LogP contribution in [-0.4, -0.2) is 69.7 Å². The van der Waals surface area contributed by atoms with Crippen LogP contribution >= 0.6 is 7.82 Å². The van der Waals surface area contributed by atoms with Gasteiger partial charge in [0, 0.05) is 12.8 Å². The van der Waals surface area contributed by atoms with E-state index in [9.17, 15) is 19.0 Å². The van der Waals surface area contributed by atoms with Gasteiger partial charge in [0.1, 0.15) is 19.7 Å². The minimum absolute atomic E-state index is 0.0355. The SMILES string of the molecule is [2H]C([2H])(OP(=O)([O-])OC[C@@H](COC(=O)CCCCCCCCCCCCCCCCC)OC(=O)CCCCCCCCCCCCCCCCC)C([2H])([2H])[N+](C([2H])([2H])[2H])(C([2H])([2H])[2H])C([2H])([2H])[2H]. The van der Waals surface area contributed by atoms with E-state index < -0.39 is 77.5 Å². The molecule has 0 spiro atoms. The summed E-state index contributed by atoms with van der Waals surface area (Å²) >= 11 is 0. The number of carbonyl (C=O) groups is 2. The second-order valence-corrected chi connectivity index (χ2v) is 16.2. The molecule has 0 amide bonds. The Balaban J connectivity index is 5.33. The average molecular weight is 803 g/mol. The van der Waals surface area contributed by atoms with Gasteiger partial charge in [-0.15, -0.1) is 0 Å². The van der Waals surface area contributed by atoms with Crippen LogP contribution in [0, 0.1) is 0 Å². The Kier molecular flexibility index (Phi) is 23.6. The number of quaternary nitrogens is 1. The molecule has 0 aromatic heterocycles. The van der Waals surface area contributed by atoms with Crippen LogP contribution in [0.15, 0.2) is 0 Å². The van der Waals surface area contributed by atoms with Crippen molar-refractivity contribution in [3.8, 4) is 0 Å². The fourth-order valence-corrected chi connectivity index (χ4v) is 6.80. The monoisotopic (exact) mass is 803 g/mol. The Morgan fingerprint density at radius 2 is 0.907 bits per heavy atom. The molecule has 0 saturated heterocycles. The molecule has 1 unspecified atom stereocenters. The predicted octanol–water partition coefficient (Wildman–Crippen LogP) is 12.2. The van der Waals surface area contributed by atoms with Gasteiger partial charge in [-0.2, -0.15) is 0 Å².